The minimum absolute atomic E-state index is 0.232. The average molecular weight is 258 g/mol. The summed E-state index contributed by atoms with van der Waals surface area (Å²) >= 11 is -0.412. The van der Waals surface area contributed by atoms with Crippen LogP contribution in [0.3, 0.4) is 0 Å². The van der Waals surface area contributed by atoms with Crippen LogP contribution in [-0.2, 0) is 0 Å². The molecule has 0 heterocycles. The number of hydrogen-bond donors (Lipinski definition) is 1. The Kier molecular flexibility index (Phi) is 4.15. The van der Waals surface area contributed by atoms with Gasteiger partial charge in [0.25, 0.3) is 6.43 Å². The van der Waals surface area contributed by atoms with E-state index in [4.69, 9.17) is 5.11 Å². The van der Waals surface area contributed by atoms with Gasteiger partial charge in [0, 0.05) is 4.90 Å². The minimum atomic E-state index is -4.48. The van der Waals surface area contributed by atoms with Crippen LogP contribution in [0.5, 0.6) is 0 Å². The van der Waals surface area contributed by atoms with E-state index in [0.29, 0.717) is 0 Å². The summed E-state index contributed by atoms with van der Waals surface area (Å²) < 4.78 is 60.2. The molecule has 0 radical (unpaired) electrons. The lowest BCUT2D eigenvalue weighted by atomic mass is 10.1. The Morgan fingerprint density at radius 3 is 2.31 bits per heavy atom. The quantitative estimate of drug-likeness (QED) is 0.660. The maximum absolute atomic E-state index is 12.1. The number of thioether (sulfide) groups is 1. The van der Waals surface area contributed by atoms with Crippen LogP contribution in [0.25, 0.3) is 0 Å². The molecule has 0 aromatic heterocycles. The molecule has 1 aromatic rings. The average Bonchev–Trinajstić information content (AvgIpc) is 2.14. The van der Waals surface area contributed by atoms with E-state index in [-0.39, 0.29) is 10.5 Å². The van der Waals surface area contributed by atoms with Gasteiger partial charge < -0.3 is 5.11 Å². The molecule has 1 N–H and O–H groups in total. The molecule has 7 heteroatoms. The molecule has 0 aliphatic carbocycles. The first-order chi connectivity index (χ1) is 7.29. The molecule has 0 fully saturated rings. The maximum Gasteiger partial charge on any atom is 0.446 e. The van der Waals surface area contributed by atoms with E-state index in [0.717, 1.165) is 18.2 Å². The summed E-state index contributed by atoms with van der Waals surface area (Å²) in [7, 11) is 0. The van der Waals surface area contributed by atoms with Crippen molar-refractivity contribution in [2.24, 2.45) is 0 Å². The van der Waals surface area contributed by atoms with Gasteiger partial charge in [-0.15, -0.1) is 0 Å². The Hall–Kier alpha value is -0.820. The number of aliphatic hydroxyl groups excluding tert-OH is 1. The van der Waals surface area contributed by atoms with Crippen molar-refractivity contribution >= 4 is 11.8 Å². The van der Waals surface area contributed by atoms with Crippen LogP contribution in [0.2, 0.25) is 0 Å². The summed E-state index contributed by atoms with van der Waals surface area (Å²) in [5.74, 6) is 0. The van der Waals surface area contributed by atoms with Crippen molar-refractivity contribution < 1.29 is 27.1 Å². The molecule has 0 spiro atoms. The van der Waals surface area contributed by atoms with Crippen molar-refractivity contribution in [2.75, 3.05) is 0 Å². The monoisotopic (exact) mass is 258 g/mol. The number of alkyl halides is 5. The van der Waals surface area contributed by atoms with E-state index in [2.05, 4.69) is 0 Å². The highest BCUT2D eigenvalue weighted by Gasteiger charge is 2.29. The standard InChI is InChI=1S/C9H7F5OS/c10-8(11)7(15)5-2-1-3-6(4-5)16-9(12,13)14/h1-4,7-8,15H. The molecule has 0 amide bonds. The molecule has 0 saturated carbocycles. The van der Waals surface area contributed by atoms with Crippen LogP contribution in [0.15, 0.2) is 29.2 Å². The Bertz CT molecular complexity index is 352. The molecule has 90 valence electrons. The number of hydrogen-bond acceptors (Lipinski definition) is 2. The fourth-order valence-electron chi connectivity index (χ4n) is 1.04. The highest BCUT2D eigenvalue weighted by molar-refractivity contribution is 8.00. The Labute approximate surface area is 92.3 Å². The lowest BCUT2D eigenvalue weighted by Crippen LogP contribution is -2.08. The maximum atomic E-state index is 12.1. The molecule has 1 nitrogen and oxygen atoms in total. The van der Waals surface area contributed by atoms with E-state index in [9.17, 15) is 22.0 Å². The van der Waals surface area contributed by atoms with E-state index >= 15 is 0 Å². The smallest absolute Gasteiger partial charge is 0.382 e. The molecule has 1 atom stereocenters. The van der Waals surface area contributed by atoms with Crippen LogP contribution in [0.1, 0.15) is 11.7 Å². The topological polar surface area (TPSA) is 20.2 Å². The largest absolute Gasteiger partial charge is 0.446 e. The molecule has 1 rings (SSSR count). The van der Waals surface area contributed by atoms with Crippen molar-refractivity contribution in [3.8, 4) is 0 Å². The third kappa shape index (κ3) is 3.97. The van der Waals surface area contributed by atoms with Crippen LogP contribution in [0.4, 0.5) is 22.0 Å². The van der Waals surface area contributed by atoms with Gasteiger partial charge in [-0.3, -0.25) is 0 Å². The molecule has 0 bridgehead atoms. The van der Waals surface area contributed by atoms with Gasteiger partial charge in [0.05, 0.1) is 0 Å². The zero-order chi connectivity index (χ0) is 12.3. The van der Waals surface area contributed by atoms with Crippen molar-refractivity contribution in [1.29, 1.82) is 0 Å². The van der Waals surface area contributed by atoms with E-state index in [1.165, 1.54) is 6.07 Å². The molecular formula is C9H7F5OS. The van der Waals surface area contributed by atoms with Crippen molar-refractivity contribution in [3.63, 3.8) is 0 Å². The van der Waals surface area contributed by atoms with Crippen molar-refractivity contribution in [3.05, 3.63) is 29.8 Å². The van der Waals surface area contributed by atoms with Crippen LogP contribution in [0, 0.1) is 0 Å². The van der Waals surface area contributed by atoms with E-state index in [1.54, 1.807) is 0 Å². The fraction of sp³-hybridized carbons (Fsp3) is 0.333. The van der Waals surface area contributed by atoms with Crippen molar-refractivity contribution in [2.45, 2.75) is 22.9 Å². The van der Waals surface area contributed by atoms with Gasteiger partial charge >= 0.3 is 5.51 Å². The second kappa shape index (κ2) is 5.01. The highest BCUT2D eigenvalue weighted by Crippen LogP contribution is 2.37. The number of benzene rings is 1. The summed E-state index contributed by atoms with van der Waals surface area (Å²) in [6, 6.07) is 4.38. The number of aliphatic hydroxyl groups is 1. The Morgan fingerprint density at radius 1 is 1.19 bits per heavy atom. The van der Waals surface area contributed by atoms with Gasteiger partial charge in [-0.1, -0.05) is 12.1 Å². The molecule has 1 aromatic carbocycles. The van der Waals surface area contributed by atoms with Crippen LogP contribution >= 0.6 is 11.8 Å². The van der Waals surface area contributed by atoms with Gasteiger partial charge in [0.2, 0.25) is 0 Å². The molecular weight excluding hydrogens is 251 g/mol. The third-order valence-corrected chi connectivity index (χ3v) is 2.39. The predicted octanol–water partition coefficient (Wildman–Crippen LogP) is 3.60. The Balaban J connectivity index is 2.87. The first kappa shape index (κ1) is 13.2. The summed E-state index contributed by atoms with van der Waals surface area (Å²) in [4.78, 5) is -0.232. The van der Waals surface area contributed by atoms with Crippen LogP contribution < -0.4 is 0 Å². The van der Waals surface area contributed by atoms with Gasteiger partial charge in [-0.2, -0.15) is 13.2 Å². The molecule has 1 unspecified atom stereocenters. The lowest BCUT2D eigenvalue weighted by Gasteiger charge is -2.11. The van der Waals surface area contributed by atoms with Crippen molar-refractivity contribution in [1.82, 2.24) is 0 Å². The summed E-state index contributed by atoms with van der Waals surface area (Å²) in [6.07, 6.45) is -5.08. The minimum Gasteiger partial charge on any atom is -0.382 e. The van der Waals surface area contributed by atoms with Gasteiger partial charge in [-0.05, 0) is 29.5 Å². The summed E-state index contributed by atoms with van der Waals surface area (Å²) in [5, 5.41) is 8.98. The number of halogens is 5. The lowest BCUT2D eigenvalue weighted by molar-refractivity contribution is -0.0328. The summed E-state index contributed by atoms with van der Waals surface area (Å²) in [5.41, 5.74) is -4.71. The summed E-state index contributed by atoms with van der Waals surface area (Å²) in [6.45, 7) is 0. The zero-order valence-electron chi connectivity index (χ0n) is 7.71. The SMILES string of the molecule is OC(c1cccc(SC(F)(F)F)c1)C(F)F. The van der Waals surface area contributed by atoms with E-state index in [1.807, 2.05) is 0 Å². The molecule has 16 heavy (non-hydrogen) atoms. The normalized spacial score (nSPS) is 14.2. The highest BCUT2D eigenvalue weighted by atomic mass is 32.2. The van der Waals surface area contributed by atoms with Gasteiger partial charge in [-0.25, -0.2) is 8.78 Å². The van der Waals surface area contributed by atoms with Gasteiger partial charge in [0.15, 0.2) is 0 Å². The first-order valence-electron chi connectivity index (χ1n) is 4.11. The number of rotatable bonds is 3. The predicted molar refractivity (Wildman–Crippen MR) is 49.3 cm³/mol. The molecule has 0 aliphatic heterocycles. The Morgan fingerprint density at radius 2 is 1.81 bits per heavy atom. The molecule has 0 saturated heterocycles. The van der Waals surface area contributed by atoms with Crippen LogP contribution in [-0.4, -0.2) is 17.0 Å². The third-order valence-electron chi connectivity index (χ3n) is 1.67. The fourth-order valence-corrected chi connectivity index (χ4v) is 1.65. The van der Waals surface area contributed by atoms with Gasteiger partial charge in [0.1, 0.15) is 6.10 Å². The first-order valence-corrected chi connectivity index (χ1v) is 4.93. The second-order valence-corrected chi connectivity index (χ2v) is 4.04. The zero-order valence-corrected chi connectivity index (χ0v) is 8.53. The second-order valence-electron chi connectivity index (χ2n) is 2.90. The molecule has 0 aliphatic rings. The van der Waals surface area contributed by atoms with E-state index < -0.39 is 29.8 Å².